The Kier molecular flexibility index (Phi) is 3.60. The highest BCUT2D eigenvalue weighted by molar-refractivity contribution is 7.89. The van der Waals surface area contributed by atoms with Gasteiger partial charge in [0.25, 0.3) is 0 Å². The van der Waals surface area contributed by atoms with Gasteiger partial charge in [0.1, 0.15) is 0 Å². The molecule has 0 saturated heterocycles. The van der Waals surface area contributed by atoms with E-state index in [0.717, 1.165) is 11.1 Å². The van der Waals surface area contributed by atoms with Gasteiger partial charge in [0.15, 0.2) is 0 Å². The van der Waals surface area contributed by atoms with Gasteiger partial charge in [-0.15, -0.1) is 0 Å². The lowest BCUT2D eigenvalue weighted by Gasteiger charge is -2.06. The third-order valence-electron chi connectivity index (χ3n) is 2.00. The molecule has 0 aromatic carbocycles. The monoisotopic (exact) mass is 214 g/mol. The van der Waals surface area contributed by atoms with Crippen molar-refractivity contribution in [2.75, 3.05) is 5.75 Å². The fourth-order valence-corrected chi connectivity index (χ4v) is 1.57. The van der Waals surface area contributed by atoms with Gasteiger partial charge >= 0.3 is 0 Å². The Balaban J connectivity index is 2.68. The van der Waals surface area contributed by atoms with Gasteiger partial charge in [-0.3, -0.25) is 4.98 Å². The number of rotatable bonds is 4. The average Bonchev–Trinajstić information content (AvgIpc) is 2.17. The predicted molar refractivity (Wildman–Crippen MR) is 55.3 cm³/mol. The Morgan fingerprint density at radius 2 is 2.21 bits per heavy atom. The highest BCUT2D eigenvalue weighted by Crippen LogP contribution is 2.04. The molecule has 0 aliphatic rings. The fourth-order valence-electron chi connectivity index (χ4n) is 0.990. The number of hydrogen-bond acceptors (Lipinski definition) is 3. The first-order valence-corrected chi connectivity index (χ1v) is 6.07. The minimum absolute atomic E-state index is 0.108. The minimum atomic E-state index is -3.10. The Morgan fingerprint density at radius 3 is 2.79 bits per heavy atom. The van der Waals surface area contributed by atoms with Gasteiger partial charge in [-0.1, -0.05) is 0 Å². The van der Waals surface area contributed by atoms with E-state index < -0.39 is 10.0 Å². The van der Waals surface area contributed by atoms with Crippen molar-refractivity contribution in [1.82, 2.24) is 9.71 Å². The Bertz CT molecular complexity index is 401. The summed E-state index contributed by atoms with van der Waals surface area (Å²) < 4.78 is 24.8. The number of pyridine rings is 1. The van der Waals surface area contributed by atoms with Crippen LogP contribution in [0.15, 0.2) is 18.5 Å². The number of nitrogens with one attached hydrogen (secondary N) is 1. The molecule has 4 nitrogen and oxygen atoms in total. The number of sulfonamides is 1. The minimum Gasteiger partial charge on any atom is -0.264 e. The summed E-state index contributed by atoms with van der Waals surface area (Å²) in [6, 6.07) is 1.81. The summed E-state index contributed by atoms with van der Waals surface area (Å²) in [6.45, 7) is 3.86. The van der Waals surface area contributed by atoms with Crippen LogP contribution >= 0.6 is 0 Å². The van der Waals surface area contributed by atoms with Crippen LogP contribution in [0.3, 0.4) is 0 Å². The van der Waals surface area contributed by atoms with Crippen LogP contribution < -0.4 is 4.72 Å². The van der Waals surface area contributed by atoms with Crippen molar-refractivity contribution in [3.63, 3.8) is 0 Å². The van der Waals surface area contributed by atoms with Crippen molar-refractivity contribution in [3.8, 4) is 0 Å². The fraction of sp³-hybridized carbons (Fsp3) is 0.444. The predicted octanol–water partition coefficient (Wildman–Crippen LogP) is 0.829. The van der Waals surface area contributed by atoms with Crippen LogP contribution in [0.25, 0.3) is 0 Å². The maximum atomic E-state index is 11.2. The molecule has 78 valence electrons. The lowest BCUT2D eigenvalue weighted by molar-refractivity contribution is 0.582. The lowest BCUT2D eigenvalue weighted by atomic mass is 10.2. The summed E-state index contributed by atoms with van der Waals surface area (Å²) in [6.07, 6.45) is 3.37. The molecule has 0 atom stereocenters. The molecule has 0 unspecified atom stereocenters. The van der Waals surface area contributed by atoms with E-state index in [0.29, 0.717) is 6.54 Å². The molecule has 0 bridgehead atoms. The molecule has 1 aromatic rings. The Labute approximate surface area is 84.4 Å². The summed E-state index contributed by atoms with van der Waals surface area (Å²) in [5.74, 6) is 0.108. The zero-order valence-electron chi connectivity index (χ0n) is 8.32. The SMILES string of the molecule is CCS(=O)(=O)NCc1ccncc1C. The summed E-state index contributed by atoms with van der Waals surface area (Å²) in [7, 11) is -3.10. The molecule has 14 heavy (non-hydrogen) atoms. The molecule has 0 amide bonds. The first-order chi connectivity index (χ1) is 6.55. The van der Waals surface area contributed by atoms with Crippen LogP contribution in [0, 0.1) is 6.92 Å². The van der Waals surface area contributed by atoms with E-state index in [9.17, 15) is 8.42 Å². The van der Waals surface area contributed by atoms with Gasteiger partial charge in [0.05, 0.1) is 5.75 Å². The quantitative estimate of drug-likeness (QED) is 0.807. The molecule has 1 N–H and O–H groups in total. The molecule has 0 fully saturated rings. The molecular formula is C9H14N2O2S. The first kappa shape index (κ1) is 11.1. The van der Waals surface area contributed by atoms with Crippen molar-refractivity contribution in [2.24, 2.45) is 0 Å². The van der Waals surface area contributed by atoms with Crippen molar-refractivity contribution < 1.29 is 8.42 Å². The second kappa shape index (κ2) is 4.52. The van der Waals surface area contributed by atoms with E-state index in [4.69, 9.17) is 0 Å². The molecule has 0 aliphatic carbocycles. The van der Waals surface area contributed by atoms with E-state index in [-0.39, 0.29) is 5.75 Å². The molecule has 1 heterocycles. The average molecular weight is 214 g/mol. The normalized spacial score (nSPS) is 11.6. The molecular weight excluding hydrogens is 200 g/mol. The van der Waals surface area contributed by atoms with Crippen LogP contribution in [0.2, 0.25) is 0 Å². The maximum absolute atomic E-state index is 11.2. The van der Waals surface area contributed by atoms with Crippen molar-refractivity contribution >= 4 is 10.0 Å². The summed E-state index contributed by atoms with van der Waals surface area (Å²) in [4.78, 5) is 3.93. The third kappa shape index (κ3) is 3.08. The van der Waals surface area contributed by atoms with Crippen LogP contribution in [0.5, 0.6) is 0 Å². The first-order valence-electron chi connectivity index (χ1n) is 4.42. The highest BCUT2D eigenvalue weighted by Gasteiger charge is 2.06. The van der Waals surface area contributed by atoms with Crippen LogP contribution in [-0.4, -0.2) is 19.2 Å². The molecule has 0 radical (unpaired) electrons. The topological polar surface area (TPSA) is 59.1 Å². The van der Waals surface area contributed by atoms with E-state index in [1.807, 2.05) is 13.0 Å². The molecule has 1 rings (SSSR count). The Morgan fingerprint density at radius 1 is 1.50 bits per heavy atom. The van der Waals surface area contributed by atoms with Crippen molar-refractivity contribution in [3.05, 3.63) is 29.6 Å². The van der Waals surface area contributed by atoms with Crippen molar-refractivity contribution in [1.29, 1.82) is 0 Å². The van der Waals surface area contributed by atoms with E-state index >= 15 is 0 Å². The number of nitrogens with zero attached hydrogens (tertiary/aromatic N) is 1. The van der Waals surface area contributed by atoms with Gasteiger partial charge in [-0.2, -0.15) is 0 Å². The van der Waals surface area contributed by atoms with Crippen LogP contribution in [-0.2, 0) is 16.6 Å². The largest absolute Gasteiger partial charge is 0.264 e. The number of aryl methyl sites for hydroxylation is 1. The van der Waals surface area contributed by atoms with Gasteiger partial charge in [-0.25, -0.2) is 13.1 Å². The summed E-state index contributed by atoms with van der Waals surface area (Å²) >= 11 is 0. The summed E-state index contributed by atoms with van der Waals surface area (Å²) in [5.41, 5.74) is 1.95. The second-order valence-electron chi connectivity index (χ2n) is 3.03. The van der Waals surface area contributed by atoms with Crippen molar-refractivity contribution in [2.45, 2.75) is 20.4 Å². The molecule has 0 spiro atoms. The smallest absolute Gasteiger partial charge is 0.211 e. The van der Waals surface area contributed by atoms with Gasteiger partial charge in [0, 0.05) is 18.9 Å². The highest BCUT2D eigenvalue weighted by atomic mass is 32.2. The standard InChI is InChI=1S/C9H14N2O2S/c1-3-14(12,13)11-7-9-4-5-10-6-8(9)2/h4-6,11H,3,7H2,1-2H3. The zero-order chi connectivity index (χ0) is 10.6. The summed E-state index contributed by atoms with van der Waals surface area (Å²) in [5, 5.41) is 0. The van der Waals surface area contributed by atoms with E-state index in [1.165, 1.54) is 0 Å². The third-order valence-corrected chi connectivity index (χ3v) is 3.34. The van der Waals surface area contributed by atoms with E-state index in [1.54, 1.807) is 19.3 Å². The van der Waals surface area contributed by atoms with Gasteiger partial charge in [0.2, 0.25) is 10.0 Å². The van der Waals surface area contributed by atoms with Gasteiger partial charge in [-0.05, 0) is 31.0 Å². The second-order valence-corrected chi connectivity index (χ2v) is 5.12. The number of aromatic nitrogens is 1. The Hall–Kier alpha value is -0.940. The molecule has 1 aromatic heterocycles. The van der Waals surface area contributed by atoms with Gasteiger partial charge < -0.3 is 0 Å². The maximum Gasteiger partial charge on any atom is 0.211 e. The molecule has 0 aliphatic heterocycles. The number of hydrogen-bond donors (Lipinski definition) is 1. The van der Waals surface area contributed by atoms with E-state index in [2.05, 4.69) is 9.71 Å². The zero-order valence-corrected chi connectivity index (χ0v) is 9.13. The van der Waals surface area contributed by atoms with Crippen LogP contribution in [0.1, 0.15) is 18.1 Å². The lowest BCUT2D eigenvalue weighted by Crippen LogP contribution is -2.25. The van der Waals surface area contributed by atoms with Crippen LogP contribution in [0.4, 0.5) is 0 Å². The molecule has 5 heteroatoms. The molecule has 0 saturated carbocycles.